The summed E-state index contributed by atoms with van der Waals surface area (Å²) in [5.41, 5.74) is 1.85. The van der Waals surface area contributed by atoms with Crippen molar-refractivity contribution in [1.82, 2.24) is 14.4 Å². The Morgan fingerprint density at radius 2 is 2.27 bits per heavy atom. The molecule has 0 aliphatic carbocycles. The number of hydrogen-bond acceptors (Lipinski definition) is 3. The van der Waals surface area contributed by atoms with E-state index in [0.717, 1.165) is 11.3 Å². The summed E-state index contributed by atoms with van der Waals surface area (Å²) in [6, 6.07) is 0. The Balaban J connectivity index is 2.82. The minimum atomic E-state index is 0.704. The van der Waals surface area contributed by atoms with Crippen LogP contribution in [0.2, 0.25) is 0 Å². The summed E-state index contributed by atoms with van der Waals surface area (Å²) in [6.07, 6.45) is 5.48. The van der Waals surface area contributed by atoms with E-state index in [4.69, 9.17) is 0 Å². The van der Waals surface area contributed by atoms with Crippen LogP contribution in [0.15, 0.2) is 23.6 Å². The van der Waals surface area contributed by atoms with Crippen LogP contribution in [-0.4, -0.2) is 14.4 Å². The first-order valence-corrected chi connectivity index (χ1v) is 3.71. The van der Waals surface area contributed by atoms with Crippen LogP contribution in [0.4, 0.5) is 0 Å². The second-order valence-corrected chi connectivity index (χ2v) is 2.85. The molecule has 56 valence electrons. The maximum absolute atomic E-state index is 4.22. The van der Waals surface area contributed by atoms with Crippen molar-refractivity contribution in [2.45, 2.75) is 11.9 Å². The zero-order valence-corrected chi connectivity index (χ0v) is 6.92. The molecule has 0 aliphatic heterocycles. The number of thiol groups is 1. The largest absolute Gasteiger partial charge is 0.303 e. The summed E-state index contributed by atoms with van der Waals surface area (Å²) < 4.78 is 1.91. The van der Waals surface area contributed by atoms with E-state index in [1.165, 1.54) is 0 Å². The molecule has 2 heterocycles. The number of fused-ring (bicyclic) bond motifs is 1. The van der Waals surface area contributed by atoms with Crippen LogP contribution in [0, 0.1) is 6.92 Å². The van der Waals surface area contributed by atoms with E-state index in [2.05, 4.69) is 22.6 Å². The molecule has 11 heavy (non-hydrogen) atoms. The van der Waals surface area contributed by atoms with Crippen molar-refractivity contribution in [3.63, 3.8) is 0 Å². The molecule has 0 saturated heterocycles. The summed E-state index contributed by atoms with van der Waals surface area (Å²) in [5.74, 6) is 0. The van der Waals surface area contributed by atoms with Gasteiger partial charge in [0.2, 0.25) is 0 Å². The van der Waals surface area contributed by atoms with E-state index in [1.54, 1.807) is 6.20 Å². The Hall–Kier alpha value is -1.03. The molecule has 3 nitrogen and oxygen atoms in total. The third-order valence-corrected chi connectivity index (χ3v) is 1.68. The number of aromatic nitrogens is 3. The summed E-state index contributed by atoms with van der Waals surface area (Å²) in [5, 5.41) is 0.704. The van der Waals surface area contributed by atoms with Crippen molar-refractivity contribution in [2.75, 3.05) is 0 Å². The van der Waals surface area contributed by atoms with Crippen molar-refractivity contribution in [2.24, 2.45) is 0 Å². The van der Waals surface area contributed by atoms with Gasteiger partial charge in [-0.2, -0.15) is 0 Å². The molecule has 0 spiro atoms. The molecule has 0 amide bonds. The van der Waals surface area contributed by atoms with Gasteiger partial charge in [0, 0.05) is 12.4 Å². The average molecular weight is 165 g/mol. The molecule has 0 unspecified atom stereocenters. The summed E-state index contributed by atoms with van der Waals surface area (Å²) in [6.45, 7) is 1.95. The highest BCUT2D eigenvalue weighted by atomic mass is 32.1. The monoisotopic (exact) mass is 165 g/mol. The third kappa shape index (κ3) is 1.09. The van der Waals surface area contributed by atoms with Crippen LogP contribution >= 0.6 is 12.6 Å². The molecule has 0 atom stereocenters. The van der Waals surface area contributed by atoms with Gasteiger partial charge in [0.15, 0.2) is 5.65 Å². The zero-order chi connectivity index (χ0) is 7.84. The molecule has 2 aromatic rings. The van der Waals surface area contributed by atoms with Crippen LogP contribution in [0.5, 0.6) is 0 Å². The van der Waals surface area contributed by atoms with Crippen LogP contribution in [-0.2, 0) is 0 Å². The van der Waals surface area contributed by atoms with Gasteiger partial charge in [0.05, 0.1) is 11.9 Å². The standard InChI is InChI=1S/C7H7N3S/c1-5-3-10-4-7(11)8-2-6(10)9-5/h2-4,11H,1H3. The summed E-state index contributed by atoms with van der Waals surface area (Å²) >= 11 is 4.11. The lowest BCUT2D eigenvalue weighted by molar-refractivity contribution is 1.02. The second-order valence-electron chi connectivity index (χ2n) is 2.39. The van der Waals surface area contributed by atoms with Crippen molar-refractivity contribution in [3.05, 3.63) is 24.3 Å². The number of rotatable bonds is 0. The number of imidazole rings is 1. The van der Waals surface area contributed by atoms with Gasteiger partial charge in [-0.1, -0.05) is 0 Å². The van der Waals surface area contributed by atoms with Gasteiger partial charge in [-0.25, -0.2) is 9.97 Å². The van der Waals surface area contributed by atoms with Crippen LogP contribution in [0.1, 0.15) is 5.69 Å². The van der Waals surface area contributed by atoms with Gasteiger partial charge in [0.25, 0.3) is 0 Å². The van der Waals surface area contributed by atoms with Crippen LogP contribution in [0.3, 0.4) is 0 Å². The smallest absolute Gasteiger partial charge is 0.155 e. The third-order valence-electron chi connectivity index (χ3n) is 1.45. The fraction of sp³-hybridized carbons (Fsp3) is 0.143. The zero-order valence-electron chi connectivity index (χ0n) is 6.02. The van der Waals surface area contributed by atoms with E-state index in [9.17, 15) is 0 Å². The second kappa shape index (κ2) is 2.23. The highest BCUT2D eigenvalue weighted by molar-refractivity contribution is 7.80. The van der Waals surface area contributed by atoms with Gasteiger partial charge in [-0.05, 0) is 6.92 Å². The first-order valence-electron chi connectivity index (χ1n) is 3.26. The van der Waals surface area contributed by atoms with Crippen molar-refractivity contribution in [1.29, 1.82) is 0 Å². The molecule has 0 fully saturated rings. The van der Waals surface area contributed by atoms with E-state index >= 15 is 0 Å². The molecular formula is C7H7N3S. The highest BCUT2D eigenvalue weighted by Gasteiger charge is 1.96. The summed E-state index contributed by atoms with van der Waals surface area (Å²) in [4.78, 5) is 8.22. The van der Waals surface area contributed by atoms with E-state index in [-0.39, 0.29) is 0 Å². The van der Waals surface area contributed by atoms with Crippen molar-refractivity contribution in [3.8, 4) is 0 Å². The minimum absolute atomic E-state index is 0.704. The van der Waals surface area contributed by atoms with E-state index in [1.807, 2.05) is 23.7 Å². The fourth-order valence-corrected chi connectivity index (χ4v) is 1.20. The van der Waals surface area contributed by atoms with Gasteiger partial charge in [-0.15, -0.1) is 12.6 Å². The first kappa shape index (κ1) is 6.67. The predicted octanol–water partition coefficient (Wildman–Crippen LogP) is 1.33. The topological polar surface area (TPSA) is 30.2 Å². The number of aryl methyl sites for hydroxylation is 1. The van der Waals surface area contributed by atoms with Crippen LogP contribution < -0.4 is 0 Å². The number of hydrogen-bond donors (Lipinski definition) is 1. The van der Waals surface area contributed by atoms with Gasteiger partial charge in [-0.3, -0.25) is 0 Å². The van der Waals surface area contributed by atoms with Crippen LogP contribution in [0.25, 0.3) is 5.65 Å². The Morgan fingerprint density at radius 1 is 1.45 bits per heavy atom. The SMILES string of the molecule is Cc1cn2cc(S)ncc2n1. The quantitative estimate of drug-likeness (QED) is 0.597. The lowest BCUT2D eigenvalue weighted by Crippen LogP contribution is -1.84. The normalized spacial score (nSPS) is 10.7. The maximum Gasteiger partial charge on any atom is 0.155 e. The Bertz CT molecular complexity index is 393. The highest BCUT2D eigenvalue weighted by Crippen LogP contribution is 2.05. The Labute approximate surface area is 69.5 Å². The molecule has 4 heteroatoms. The summed E-state index contributed by atoms with van der Waals surface area (Å²) in [7, 11) is 0. The molecule has 0 N–H and O–H groups in total. The molecule has 0 bridgehead atoms. The van der Waals surface area contributed by atoms with Crippen molar-refractivity contribution < 1.29 is 0 Å². The molecule has 0 radical (unpaired) electrons. The lowest BCUT2D eigenvalue weighted by atomic mass is 10.6. The molecule has 2 aromatic heterocycles. The molecule has 0 aliphatic rings. The van der Waals surface area contributed by atoms with Gasteiger partial charge < -0.3 is 4.40 Å². The lowest BCUT2D eigenvalue weighted by Gasteiger charge is -1.91. The maximum atomic E-state index is 4.22. The van der Waals surface area contributed by atoms with E-state index in [0.29, 0.717) is 5.03 Å². The van der Waals surface area contributed by atoms with Gasteiger partial charge >= 0.3 is 0 Å². The van der Waals surface area contributed by atoms with Crippen molar-refractivity contribution >= 4 is 18.3 Å². The van der Waals surface area contributed by atoms with Gasteiger partial charge in [0.1, 0.15) is 5.03 Å². The Morgan fingerprint density at radius 3 is 3.09 bits per heavy atom. The average Bonchev–Trinajstić information content (AvgIpc) is 2.27. The Kier molecular flexibility index (Phi) is 1.35. The first-order chi connectivity index (χ1) is 5.25. The number of nitrogens with zero attached hydrogens (tertiary/aromatic N) is 3. The van der Waals surface area contributed by atoms with E-state index < -0.39 is 0 Å². The molecule has 0 aromatic carbocycles. The fourth-order valence-electron chi connectivity index (χ4n) is 1.02. The predicted molar refractivity (Wildman–Crippen MR) is 45.0 cm³/mol. The molecule has 2 rings (SSSR count). The molecular weight excluding hydrogens is 158 g/mol. The minimum Gasteiger partial charge on any atom is -0.303 e. The molecule has 0 saturated carbocycles.